The summed E-state index contributed by atoms with van der Waals surface area (Å²) in [6.45, 7) is 2.82. The average molecular weight is 374 g/mol. The first-order chi connectivity index (χ1) is 11.5. The van der Waals surface area contributed by atoms with Crippen molar-refractivity contribution >= 4 is 29.3 Å². The summed E-state index contributed by atoms with van der Waals surface area (Å²) in [6.07, 6.45) is 3.63. The van der Waals surface area contributed by atoms with Crippen LogP contribution in [0.25, 0.3) is 0 Å². The highest BCUT2D eigenvalue weighted by Crippen LogP contribution is 2.37. The van der Waals surface area contributed by atoms with Gasteiger partial charge in [0, 0.05) is 24.2 Å². The van der Waals surface area contributed by atoms with Gasteiger partial charge >= 0.3 is 11.5 Å². The molecule has 0 bridgehead atoms. The third-order valence-corrected chi connectivity index (χ3v) is 3.91. The van der Waals surface area contributed by atoms with E-state index < -0.39 is 39.7 Å². The minimum atomic E-state index is -4.58. The van der Waals surface area contributed by atoms with E-state index in [-0.39, 0.29) is 11.3 Å². The molecular weight excluding hydrogens is 361 g/mol. The van der Waals surface area contributed by atoms with E-state index in [1.165, 1.54) is 38.4 Å². The molecule has 0 atom stereocenters. The lowest BCUT2D eigenvalue weighted by Gasteiger charge is -2.19. The van der Waals surface area contributed by atoms with Gasteiger partial charge in [-0.1, -0.05) is 0 Å². The number of nitrogens with one attached hydrogen (secondary N) is 1. The number of aliphatic carboxylic acids is 1. The largest absolute Gasteiger partial charge is 0.479 e. The monoisotopic (exact) mass is 374 g/mol. The third-order valence-electron chi connectivity index (χ3n) is 3.16. The zero-order valence-electron chi connectivity index (χ0n) is 13.0. The molecule has 2 N–H and O–H groups in total. The molecule has 0 saturated heterocycles. The fourth-order valence-corrected chi connectivity index (χ4v) is 2.35. The van der Waals surface area contributed by atoms with Crippen LogP contribution >= 0.6 is 11.8 Å². The Morgan fingerprint density at radius 3 is 2.60 bits per heavy atom. The minimum Gasteiger partial charge on any atom is -0.479 e. The molecule has 2 heterocycles. The van der Waals surface area contributed by atoms with Crippen molar-refractivity contribution in [1.82, 2.24) is 14.8 Å². The quantitative estimate of drug-likeness (QED) is 0.781. The van der Waals surface area contributed by atoms with Crippen LogP contribution in [0.15, 0.2) is 35.7 Å². The van der Waals surface area contributed by atoms with Crippen LogP contribution in [0.4, 0.5) is 18.9 Å². The van der Waals surface area contributed by atoms with E-state index in [2.05, 4.69) is 15.4 Å². The van der Waals surface area contributed by atoms with Crippen molar-refractivity contribution in [2.45, 2.75) is 29.9 Å². The van der Waals surface area contributed by atoms with Gasteiger partial charge in [-0.2, -0.15) is 18.3 Å². The molecule has 7 nitrogen and oxygen atoms in total. The second-order valence-electron chi connectivity index (χ2n) is 5.40. The lowest BCUT2D eigenvalue weighted by Crippen LogP contribution is -2.35. The molecule has 1 amide bonds. The van der Waals surface area contributed by atoms with Gasteiger partial charge in [-0.05, 0) is 26.0 Å². The van der Waals surface area contributed by atoms with E-state index in [0.29, 0.717) is 0 Å². The molecule has 0 aliphatic rings. The van der Waals surface area contributed by atoms with Crippen LogP contribution in [-0.2, 0) is 10.3 Å². The van der Waals surface area contributed by atoms with E-state index >= 15 is 0 Å². The second kappa shape index (κ2) is 6.75. The molecule has 0 fully saturated rings. The fraction of sp³-hybridized carbons (Fsp3) is 0.286. The minimum absolute atomic E-state index is 0.145. The number of amides is 1. The number of hydrogen-bond acceptors (Lipinski definition) is 5. The Morgan fingerprint density at radius 2 is 2.00 bits per heavy atom. The Labute approximate surface area is 144 Å². The summed E-state index contributed by atoms with van der Waals surface area (Å²) in [5, 5.41) is 14.9. The first-order valence-electron chi connectivity index (χ1n) is 6.81. The van der Waals surface area contributed by atoms with Crippen molar-refractivity contribution in [3.05, 3.63) is 36.3 Å². The summed E-state index contributed by atoms with van der Waals surface area (Å²) >= 11 is -0.491. The fourth-order valence-electron chi connectivity index (χ4n) is 1.74. The van der Waals surface area contributed by atoms with Crippen LogP contribution in [0.3, 0.4) is 0 Å². The lowest BCUT2D eigenvalue weighted by molar-refractivity contribution is -0.146. The van der Waals surface area contributed by atoms with E-state index in [1.54, 1.807) is 0 Å². The standard InChI is InChI=1S/C14H13F3N4O3S/c1-13(2,12(23)24)21-7-8(6-19-21)20-10(22)9-4-3-5-18-11(9)25-14(15,16)17/h3-7H,1-2H3,(H,20,22)(H,23,24). The van der Waals surface area contributed by atoms with Crippen LogP contribution in [0, 0.1) is 0 Å². The first kappa shape index (κ1) is 18.8. The molecule has 0 aliphatic carbocycles. The Balaban J connectivity index is 2.22. The molecule has 0 saturated carbocycles. The summed E-state index contributed by atoms with van der Waals surface area (Å²) in [6, 6.07) is 2.55. The van der Waals surface area contributed by atoms with E-state index in [9.17, 15) is 22.8 Å². The van der Waals surface area contributed by atoms with Gasteiger partial charge in [-0.3, -0.25) is 9.48 Å². The van der Waals surface area contributed by atoms with Gasteiger partial charge in [0.25, 0.3) is 5.91 Å². The molecule has 0 aliphatic heterocycles. The number of halogens is 3. The van der Waals surface area contributed by atoms with Gasteiger partial charge in [0.15, 0.2) is 5.54 Å². The van der Waals surface area contributed by atoms with Gasteiger partial charge in [0.05, 0.1) is 17.4 Å². The van der Waals surface area contributed by atoms with Crippen molar-refractivity contribution in [1.29, 1.82) is 0 Å². The molecular formula is C14H13F3N4O3S. The maximum Gasteiger partial charge on any atom is 0.447 e. The van der Waals surface area contributed by atoms with Crippen molar-refractivity contribution < 1.29 is 27.9 Å². The average Bonchev–Trinajstić information content (AvgIpc) is 2.95. The van der Waals surface area contributed by atoms with E-state index in [1.807, 2.05) is 0 Å². The summed E-state index contributed by atoms with van der Waals surface area (Å²) in [4.78, 5) is 27.0. The highest BCUT2D eigenvalue weighted by Gasteiger charge is 2.33. The molecule has 0 spiro atoms. The first-order valence-corrected chi connectivity index (χ1v) is 7.63. The Morgan fingerprint density at radius 1 is 1.32 bits per heavy atom. The van der Waals surface area contributed by atoms with Gasteiger partial charge < -0.3 is 10.4 Å². The third kappa shape index (κ3) is 4.50. The zero-order valence-corrected chi connectivity index (χ0v) is 13.9. The van der Waals surface area contributed by atoms with E-state index in [4.69, 9.17) is 5.11 Å². The Bertz CT molecular complexity index is 805. The highest BCUT2D eigenvalue weighted by molar-refractivity contribution is 8.00. The van der Waals surface area contributed by atoms with Crippen LogP contribution in [0.2, 0.25) is 0 Å². The Hall–Kier alpha value is -2.56. The topological polar surface area (TPSA) is 97.1 Å². The van der Waals surface area contributed by atoms with Crippen LogP contribution in [0.1, 0.15) is 24.2 Å². The molecule has 0 aromatic carbocycles. The maximum absolute atomic E-state index is 12.5. The van der Waals surface area contributed by atoms with Crippen molar-refractivity contribution in [3.63, 3.8) is 0 Å². The van der Waals surface area contributed by atoms with Gasteiger partial charge in [0.2, 0.25) is 0 Å². The number of hydrogen-bond donors (Lipinski definition) is 2. The normalized spacial score (nSPS) is 12.0. The summed E-state index contributed by atoms with van der Waals surface area (Å²) < 4.78 is 38.8. The van der Waals surface area contributed by atoms with Crippen LogP contribution in [0.5, 0.6) is 0 Å². The number of nitrogens with zero attached hydrogens (tertiary/aromatic N) is 3. The number of pyridine rings is 1. The SMILES string of the molecule is CC(C)(C(=O)O)n1cc(NC(=O)c2cccnc2SC(F)(F)F)cn1. The number of alkyl halides is 3. The van der Waals surface area contributed by atoms with Gasteiger partial charge in [-0.15, -0.1) is 0 Å². The van der Waals surface area contributed by atoms with E-state index in [0.717, 1.165) is 10.9 Å². The molecule has 2 aromatic rings. The molecule has 25 heavy (non-hydrogen) atoms. The highest BCUT2D eigenvalue weighted by atomic mass is 32.2. The number of carbonyl (C=O) groups is 2. The Kier molecular flexibility index (Phi) is 5.07. The summed E-state index contributed by atoms with van der Waals surface area (Å²) in [5.41, 5.74) is -6.05. The lowest BCUT2D eigenvalue weighted by atomic mass is 10.1. The summed E-state index contributed by atoms with van der Waals surface area (Å²) in [5.74, 6) is -1.95. The van der Waals surface area contributed by atoms with Gasteiger partial charge in [0.1, 0.15) is 5.03 Å². The number of carboxylic acids is 1. The van der Waals surface area contributed by atoms with Crippen LogP contribution in [-0.4, -0.2) is 37.3 Å². The molecule has 2 rings (SSSR count). The number of anilines is 1. The zero-order chi connectivity index (χ0) is 18.8. The number of rotatable bonds is 5. The molecule has 0 radical (unpaired) electrons. The predicted octanol–water partition coefficient (Wildman–Crippen LogP) is 2.96. The van der Waals surface area contributed by atoms with Gasteiger partial charge in [-0.25, -0.2) is 9.78 Å². The number of carbonyl (C=O) groups excluding carboxylic acids is 1. The molecule has 0 unspecified atom stereocenters. The molecule has 134 valence electrons. The number of thioether (sulfide) groups is 1. The molecule has 2 aromatic heterocycles. The van der Waals surface area contributed by atoms with Crippen molar-refractivity contribution in [3.8, 4) is 0 Å². The predicted molar refractivity (Wildman–Crippen MR) is 83.3 cm³/mol. The maximum atomic E-state index is 12.5. The second-order valence-corrected chi connectivity index (χ2v) is 6.45. The van der Waals surface area contributed by atoms with Crippen molar-refractivity contribution in [2.24, 2.45) is 0 Å². The molecule has 11 heteroatoms. The smallest absolute Gasteiger partial charge is 0.447 e. The number of carboxylic acid groups (broad SMARTS) is 1. The summed E-state index contributed by atoms with van der Waals surface area (Å²) in [7, 11) is 0. The number of aromatic nitrogens is 3. The van der Waals surface area contributed by atoms with Crippen LogP contribution < -0.4 is 5.32 Å². The van der Waals surface area contributed by atoms with Crippen molar-refractivity contribution in [2.75, 3.05) is 5.32 Å².